The summed E-state index contributed by atoms with van der Waals surface area (Å²) in [6, 6.07) is 7.66. The standard InChI is InChI=1S/C16H22N2O2/c1-4-6-13(3)16(20)18(10-9-15(17)19)14-8-5-7-12(2)11-14/h5-8,11H,4,9-10H2,1-3H3,(H2,17,19). The zero-order chi connectivity index (χ0) is 15.1. The molecule has 0 aromatic heterocycles. The Kier molecular flexibility index (Phi) is 5.97. The summed E-state index contributed by atoms with van der Waals surface area (Å²) in [5, 5.41) is 0. The molecule has 0 heterocycles. The van der Waals surface area contributed by atoms with E-state index < -0.39 is 5.91 Å². The van der Waals surface area contributed by atoms with Crippen LogP contribution in [0.4, 0.5) is 5.69 Å². The summed E-state index contributed by atoms with van der Waals surface area (Å²) in [6.07, 6.45) is 2.84. The van der Waals surface area contributed by atoms with Gasteiger partial charge in [-0.15, -0.1) is 0 Å². The first-order chi connectivity index (χ1) is 9.45. The van der Waals surface area contributed by atoms with E-state index >= 15 is 0 Å². The lowest BCUT2D eigenvalue weighted by atomic mass is 10.1. The van der Waals surface area contributed by atoms with Crippen molar-refractivity contribution in [3.8, 4) is 0 Å². The maximum absolute atomic E-state index is 12.5. The van der Waals surface area contributed by atoms with Crippen molar-refractivity contribution in [3.63, 3.8) is 0 Å². The van der Waals surface area contributed by atoms with Gasteiger partial charge in [0, 0.05) is 24.2 Å². The Morgan fingerprint density at radius 3 is 2.60 bits per heavy atom. The zero-order valence-electron chi connectivity index (χ0n) is 12.3. The van der Waals surface area contributed by atoms with Crippen LogP contribution in [0.2, 0.25) is 0 Å². The molecule has 1 rings (SSSR count). The predicted octanol–water partition coefficient (Wildman–Crippen LogP) is 2.56. The van der Waals surface area contributed by atoms with Gasteiger partial charge in [-0.3, -0.25) is 9.59 Å². The minimum atomic E-state index is -0.410. The second-order valence-electron chi connectivity index (χ2n) is 4.81. The van der Waals surface area contributed by atoms with Crippen LogP contribution in [-0.4, -0.2) is 18.4 Å². The fraction of sp³-hybridized carbons (Fsp3) is 0.375. The number of anilines is 1. The third-order valence-corrected chi connectivity index (χ3v) is 2.99. The minimum Gasteiger partial charge on any atom is -0.370 e. The molecule has 0 radical (unpaired) electrons. The Morgan fingerprint density at radius 2 is 2.05 bits per heavy atom. The molecule has 0 spiro atoms. The molecule has 1 aromatic carbocycles. The van der Waals surface area contributed by atoms with Crippen LogP contribution in [0.5, 0.6) is 0 Å². The van der Waals surface area contributed by atoms with E-state index in [9.17, 15) is 9.59 Å². The summed E-state index contributed by atoms with van der Waals surface area (Å²) < 4.78 is 0. The fourth-order valence-electron chi connectivity index (χ4n) is 1.97. The number of hydrogen-bond donors (Lipinski definition) is 1. The second-order valence-corrected chi connectivity index (χ2v) is 4.81. The van der Waals surface area contributed by atoms with Crippen LogP contribution in [0.3, 0.4) is 0 Å². The number of nitrogens with two attached hydrogens (primary N) is 1. The summed E-state index contributed by atoms with van der Waals surface area (Å²) in [7, 11) is 0. The SMILES string of the molecule is CCC=C(C)C(=O)N(CCC(N)=O)c1cccc(C)c1. The van der Waals surface area contributed by atoms with Crippen LogP contribution in [0, 0.1) is 6.92 Å². The molecule has 2 N–H and O–H groups in total. The fourth-order valence-corrected chi connectivity index (χ4v) is 1.97. The van der Waals surface area contributed by atoms with Gasteiger partial charge in [-0.05, 0) is 38.0 Å². The number of rotatable bonds is 6. The topological polar surface area (TPSA) is 63.4 Å². The molecule has 4 nitrogen and oxygen atoms in total. The highest BCUT2D eigenvalue weighted by Gasteiger charge is 2.17. The van der Waals surface area contributed by atoms with E-state index in [0.717, 1.165) is 17.7 Å². The summed E-state index contributed by atoms with van der Waals surface area (Å²) >= 11 is 0. The van der Waals surface area contributed by atoms with Crippen molar-refractivity contribution >= 4 is 17.5 Å². The highest BCUT2D eigenvalue weighted by atomic mass is 16.2. The summed E-state index contributed by atoms with van der Waals surface area (Å²) in [5.74, 6) is -0.494. The number of allylic oxidation sites excluding steroid dienone is 1. The number of aryl methyl sites for hydroxylation is 1. The normalized spacial score (nSPS) is 11.2. The number of carbonyl (C=O) groups is 2. The molecule has 0 bridgehead atoms. The molecule has 0 unspecified atom stereocenters. The van der Waals surface area contributed by atoms with Gasteiger partial charge in [0.05, 0.1) is 0 Å². The lowest BCUT2D eigenvalue weighted by Gasteiger charge is -2.23. The Labute approximate surface area is 120 Å². The maximum Gasteiger partial charge on any atom is 0.253 e. The summed E-state index contributed by atoms with van der Waals surface area (Å²) in [4.78, 5) is 25.1. The monoisotopic (exact) mass is 274 g/mol. The quantitative estimate of drug-likeness (QED) is 0.810. The lowest BCUT2D eigenvalue weighted by molar-refractivity contribution is -0.118. The van der Waals surface area contributed by atoms with E-state index in [1.807, 2.05) is 44.2 Å². The van der Waals surface area contributed by atoms with E-state index in [-0.39, 0.29) is 12.3 Å². The molecule has 0 aliphatic heterocycles. The van der Waals surface area contributed by atoms with Gasteiger partial charge < -0.3 is 10.6 Å². The van der Waals surface area contributed by atoms with Crippen LogP contribution in [0.15, 0.2) is 35.9 Å². The average molecular weight is 274 g/mol. The molecule has 1 aromatic rings. The molecule has 0 aliphatic rings. The van der Waals surface area contributed by atoms with E-state index in [1.165, 1.54) is 0 Å². The molecule has 0 saturated carbocycles. The molecule has 20 heavy (non-hydrogen) atoms. The van der Waals surface area contributed by atoms with Crippen molar-refractivity contribution in [1.29, 1.82) is 0 Å². The number of amides is 2. The van der Waals surface area contributed by atoms with Gasteiger partial charge in [0.1, 0.15) is 0 Å². The Balaban J connectivity index is 3.04. The highest BCUT2D eigenvalue weighted by molar-refractivity contribution is 6.05. The van der Waals surface area contributed by atoms with Crippen LogP contribution in [0.1, 0.15) is 32.3 Å². The Morgan fingerprint density at radius 1 is 1.35 bits per heavy atom. The first-order valence-electron chi connectivity index (χ1n) is 6.79. The van der Waals surface area contributed by atoms with Crippen LogP contribution < -0.4 is 10.6 Å². The van der Waals surface area contributed by atoms with Crippen LogP contribution >= 0.6 is 0 Å². The molecule has 2 amide bonds. The largest absolute Gasteiger partial charge is 0.370 e. The molecule has 4 heteroatoms. The molecule has 0 aliphatic carbocycles. The van der Waals surface area contributed by atoms with Crippen LogP contribution in [-0.2, 0) is 9.59 Å². The van der Waals surface area contributed by atoms with Crippen molar-refractivity contribution < 1.29 is 9.59 Å². The number of benzene rings is 1. The molecular weight excluding hydrogens is 252 g/mol. The van der Waals surface area contributed by atoms with Crippen molar-refractivity contribution in [2.75, 3.05) is 11.4 Å². The van der Waals surface area contributed by atoms with Crippen molar-refractivity contribution in [3.05, 3.63) is 41.5 Å². The van der Waals surface area contributed by atoms with E-state index in [0.29, 0.717) is 12.1 Å². The van der Waals surface area contributed by atoms with Crippen LogP contribution in [0.25, 0.3) is 0 Å². The van der Waals surface area contributed by atoms with E-state index in [4.69, 9.17) is 5.73 Å². The van der Waals surface area contributed by atoms with Crippen molar-refractivity contribution in [2.45, 2.75) is 33.6 Å². The second kappa shape index (κ2) is 7.48. The first-order valence-corrected chi connectivity index (χ1v) is 6.79. The highest BCUT2D eigenvalue weighted by Crippen LogP contribution is 2.18. The molecular formula is C16H22N2O2. The Bertz CT molecular complexity index is 521. The maximum atomic E-state index is 12.5. The molecule has 108 valence electrons. The average Bonchev–Trinajstić information content (AvgIpc) is 2.38. The molecule has 0 atom stereocenters. The van der Waals surface area contributed by atoms with E-state index in [1.54, 1.807) is 11.8 Å². The summed E-state index contributed by atoms with van der Waals surface area (Å²) in [6.45, 7) is 6.04. The number of carbonyl (C=O) groups excluding carboxylic acids is 2. The zero-order valence-corrected chi connectivity index (χ0v) is 12.3. The van der Waals surface area contributed by atoms with Crippen molar-refractivity contribution in [2.24, 2.45) is 5.73 Å². The molecule has 0 saturated heterocycles. The van der Waals surface area contributed by atoms with E-state index in [2.05, 4.69) is 0 Å². The number of primary amides is 1. The van der Waals surface area contributed by atoms with Gasteiger partial charge in [0.2, 0.25) is 5.91 Å². The third kappa shape index (κ3) is 4.53. The number of nitrogens with zero attached hydrogens (tertiary/aromatic N) is 1. The summed E-state index contributed by atoms with van der Waals surface area (Å²) in [5.41, 5.74) is 7.73. The Hall–Kier alpha value is -2.10. The minimum absolute atomic E-state index is 0.0845. The first kappa shape index (κ1) is 16.0. The third-order valence-electron chi connectivity index (χ3n) is 2.99. The predicted molar refractivity (Wildman–Crippen MR) is 81.4 cm³/mol. The smallest absolute Gasteiger partial charge is 0.253 e. The van der Waals surface area contributed by atoms with Gasteiger partial charge in [-0.25, -0.2) is 0 Å². The van der Waals surface area contributed by atoms with Gasteiger partial charge in [0.15, 0.2) is 0 Å². The lowest BCUT2D eigenvalue weighted by Crippen LogP contribution is -2.34. The van der Waals surface area contributed by atoms with Gasteiger partial charge >= 0.3 is 0 Å². The van der Waals surface area contributed by atoms with Gasteiger partial charge in [-0.2, -0.15) is 0 Å². The molecule has 0 fully saturated rings. The van der Waals surface area contributed by atoms with Crippen molar-refractivity contribution in [1.82, 2.24) is 0 Å². The number of hydrogen-bond acceptors (Lipinski definition) is 2. The van der Waals surface area contributed by atoms with Gasteiger partial charge in [0.25, 0.3) is 5.91 Å². The van der Waals surface area contributed by atoms with Gasteiger partial charge in [-0.1, -0.05) is 25.1 Å².